The number of urea groups is 1. The van der Waals surface area contributed by atoms with E-state index in [4.69, 9.17) is 0 Å². The number of likely N-dealkylation sites (N-methyl/N-ethyl adjacent to an activating group) is 1. The molecule has 0 saturated heterocycles. The highest BCUT2D eigenvalue weighted by molar-refractivity contribution is 6.00. The molecular weight excluding hydrogens is 294 g/mol. The molecule has 124 valence electrons. The summed E-state index contributed by atoms with van der Waals surface area (Å²) >= 11 is 0. The van der Waals surface area contributed by atoms with E-state index < -0.39 is 6.10 Å². The van der Waals surface area contributed by atoms with Gasteiger partial charge in [-0.3, -0.25) is 4.68 Å². The molecule has 0 saturated carbocycles. The van der Waals surface area contributed by atoms with Gasteiger partial charge in [0.25, 0.3) is 0 Å². The molecule has 0 bridgehead atoms. The predicted molar refractivity (Wildman–Crippen MR) is 90.6 cm³/mol. The number of aliphatic hydroxyl groups is 1. The molecule has 1 atom stereocenters. The first-order valence-electron chi connectivity index (χ1n) is 7.43. The monoisotopic (exact) mass is 317 g/mol. The molecule has 0 aliphatic rings. The summed E-state index contributed by atoms with van der Waals surface area (Å²) in [6, 6.07) is 7.23. The largest absolute Gasteiger partial charge is 0.390 e. The van der Waals surface area contributed by atoms with Crippen molar-refractivity contribution in [1.82, 2.24) is 14.7 Å². The fraction of sp³-hybridized carbons (Fsp3) is 0.375. The van der Waals surface area contributed by atoms with Gasteiger partial charge in [-0.15, -0.1) is 0 Å². The van der Waals surface area contributed by atoms with Crippen molar-refractivity contribution in [2.24, 2.45) is 0 Å². The van der Waals surface area contributed by atoms with E-state index in [1.54, 1.807) is 17.1 Å². The minimum Gasteiger partial charge on any atom is -0.390 e. The van der Waals surface area contributed by atoms with Crippen molar-refractivity contribution in [1.29, 1.82) is 0 Å². The van der Waals surface area contributed by atoms with E-state index in [0.29, 0.717) is 18.8 Å². The van der Waals surface area contributed by atoms with Crippen LogP contribution in [0.5, 0.6) is 0 Å². The summed E-state index contributed by atoms with van der Waals surface area (Å²) in [5.74, 6) is 0. The molecule has 0 aliphatic heterocycles. The van der Waals surface area contributed by atoms with Gasteiger partial charge in [0.05, 0.1) is 24.5 Å². The molecule has 0 spiro atoms. The molecule has 0 radical (unpaired) electrons. The maximum absolute atomic E-state index is 12.0. The Morgan fingerprint density at radius 1 is 1.35 bits per heavy atom. The third kappa shape index (κ3) is 5.39. The van der Waals surface area contributed by atoms with Gasteiger partial charge in [0.15, 0.2) is 0 Å². The number of anilines is 2. The highest BCUT2D eigenvalue weighted by Gasteiger charge is 2.09. The highest BCUT2D eigenvalue weighted by atomic mass is 16.3. The molecule has 2 aromatic rings. The second kappa shape index (κ2) is 7.75. The van der Waals surface area contributed by atoms with Crippen molar-refractivity contribution in [3.8, 4) is 0 Å². The van der Waals surface area contributed by atoms with Crippen molar-refractivity contribution in [3.05, 3.63) is 42.2 Å². The first-order valence-corrected chi connectivity index (χ1v) is 7.43. The van der Waals surface area contributed by atoms with E-state index in [9.17, 15) is 9.90 Å². The topological polar surface area (TPSA) is 82.4 Å². The molecule has 1 aromatic carbocycles. The SMILES string of the molecule is Cc1ccccc1NC(=O)Nc1cnn(CC(O)CN(C)C)c1. The lowest BCUT2D eigenvalue weighted by Gasteiger charge is -2.15. The lowest BCUT2D eigenvalue weighted by molar-refractivity contribution is 0.116. The van der Waals surface area contributed by atoms with Crippen LogP contribution in [-0.2, 0) is 6.54 Å². The highest BCUT2D eigenvalue weighted by Crippen LogP contribution is 2.14. The summed E-state index contributed by atoms with van der Waals surface area (Å²) in [6.07, 6.45) is 2.73. The van der Waals surface area contributed by atoms with Crippen molar-refractivity contribution < 1.29 is 9.90 Å². The van der Waals surface area contributed by atoms with Crippen molar-refractivity contribution >= 4 is 17.4 Å². The van der Waals surface area contributed by atoms with Gasteiger partial charge in [0, 0.05) is 18.4 Å². The third-order valence-corrected chi connectivity index (χ3v) is 3.26. The maximum Gasteiger partial charge on any atom is 0.323 e. The van der Waals surface area contributed by atoms with Gasteiger partial charge in [-0.2, -0.15) is 5.10 Å². The van der Waals surface area contributed by atoms with Gasteiger partial charge in [0.1, 0.15) is 0 Å². The zero-order chi connectivity index (χ0) is 16.8. The number of carbonyl (C=O) groups excluding carboxylic acids is 1. The Kier molecular flexibility index (Phi) is 5.72. The lowest BCUT2D eigenvalue weighted by Crippen LogP contribution is -2.29. The molecule has 2 amide bonds. The van der Waals surface area contributed by atoms with Gasteiger partial charge in [-0.05, 0) is 32.6 Å². The van der Waals surface area contributed by atoms with Crippen LogP contribution in [0.1, 0.15) is 5.56 Å². The summed E-state index contributed by atoms with van der Waals surface area (Å²) in [5.41, 5.74) is 2.33. The molecule has 0 aliphatic carbocycles. The lowest BCUT2D eigenvalue weighted by atomic mass is 10.2. The van der Waals surface area contributed by atoms with E-state index >= 15 is 0 Å². The van der Waals surface area contributed by atoms with Gasteiger partial charge >= 0.3 is 6.03 Å². The Bertz CT molecular complexity index is 653. The number of aromatic nitrogens is 2. The maximum atomic E-state index is 12.0. The van der Waals surface area contributed by atoms with Crippen LogP contribution in [0.2, 0.25) is 0 Å². The van der Waals surface area contributed by atoms with Gasteiger partial charge in [0.2, 0.25) is 0 Å². The Balaban J connectivity index is 1.89. The Labute approximate surface area is 135 Å². The van der Waals surface area contributed by atoms with E-state index in [1.165, 1.54) is 0 Å². The van der Waals surface area contributed by atoms with Gasteiger partial charge < -0.3 is 20.6 Å². The zero-order valence-electron chi connectivity index (χ0n) is 13.7. The summed E-state index contributed by atoms with van der Waals surface area (Å²) in [6.45, 7) is 2.86. The Hall–Kier alpha value is -2.38. The number of nitrogens with one attached hydrogen (secondary N) is 2. The molecule has 0 fully saturated rings. The fourth-order valence-electron chi connectivity index (χ4n) is 2.22. The molecule has 2 rings (SSSR count). The molecule has 7 heteroatoms. The molecule has 1 aromatic heterocycles. The van der Waals surface area contributed by atoms with Crippen LogP contribution in [0.15, 0.2) is 36.7 Å². The van der Waals surface area contributed by atoms with Crippen LogP contribution in [0.25, 0.3) is 0 Å². The first-order chi connectivity index (χ1) is 10.9. The molecular formula is C16H23N5O2. The minimum atomic E-state index is -0.515. The summed E-state index contributed by atoms with van der Waals surface area (Å²) < 4.78 is 1.61. The van der Waals surface area contributed by atoms with Crippen LogP contribution in [0.4, 0.5) is 16.2 Å². The smallest absolute Gasteiger partial charge is 0.323 e. The average molecular weight is 317 g/mol. The third-order valence-electron chi connectivity index (χ3n) is 3.26. The number of nitrogens with zero attached hydrogens (tertiary/aromatic N) is 3. The van der Waals surface area contributed by atoms with E-state index in [0.717, 1.165) is 11.3 Å². The number of rotatable bonds is 6. The Morgan fingerprint density at radius 2 is 2.09 bits per heavy atom. The quantitative estimate of drug-likeness (QED) is 0.758. The van der Waals surface area contributed by atoms with Crippen molar-refractivity contribution in [2.45, 2.75) is 19.6 Å². The van der Waals surface area contributed by atoms with E-state index in [2.05, 4.69) is 15.7 Å². The zero-order valence-corrected chi connectivity index (χ0v) is 13.7. The molecule has 1 unspecified atom stereocenters. The predicted octanol–water partition coefficient (Wildman–Crippen LogP) is 1.76. The fourth-order valence-corrected chi connectivity index (χ4v) is 2.22. The molecule has 3 N–H and O–H groups in total. The number of aryl methyl sites for hydroxylation is 1. The number of para-hydroxylation sites is 1. The number of benzene rings is 1. The standard InChI is InChI=1S/C16H23N5O2/c1-12-6-4-5-7-15(12)19-16(23)18-13-8-17-21(9-13)11-14(22)10-20(2)3/h4-9,14,22H,10-11H2,1-3H3,(H2,18,19,23). The molecule has 1 heterocycles. The van der Waals surface area contributed by atoms with E-state index in [1.807, 2.05) is 50.2 Å². The van der Waals surface area contributed by atoms with Crippen molar-refractivity contribution in [2.75, 3.05) is 31.3 Å². The number of hydrogen-bond donors (Lipinski definition) is 3. The van der Waals surface area contributed by atoms with Gasteiger partial charge in [-0.25, -0.2) is 4.79 Å². The molecule has 23 heavy (non-hydrogen) atoms. The minimum absolute atomic E-state index is 0.326. The Morgan fingerprint density at radius 3 is 2.78 bits per heavy atom. The molecule has 7 nitrogen and oxygen atoms in total. The summed E-state index contributed by atoms with van der Waals surface area (Å²) in [4.78, 5) is 13.9. The van der Waals surface area contributed by atoms with E-state index in [-0.39, 0.29) is 6.03 Å². The van der Waals surface area contributed by atoms with Crippen LogP contribution in [-0.4, -0.2) is 52.6 Å². The average Bonchev–Trinajstić information content (AvgIpc) is 2.87. The van der Waals surface area contributed by atoms with Crippen molar-refractivity contribution in [3.63, 3.8) is 0 Å². The number of hydrogen-bond acceptors (Lipinski definition) is 4. The number of amides is 2. The van der Waals surface area contributed by atoms with Crippen LogP contribution >= 0.6 is 0 Å². The summed E-state index contributed by atoms with van der Waals surface area (Å²) in [5, 5.41) is 19.5. The second-order valence-corrected chi connectivity index (χ2v) is 5.76. The van der Waals surface area contributed by atoms with Crippen LogP contribution in [0, 0.1) is 6.92 Å². The summed E-state index contributed by atoms with van der Waals surface area (Å²) in [7, 11) is 3.80. The first kappa shape index (κ1) is 17.0. The van der Waals surface area contributed by atoms with Crippen LogP contribution in [0.3, 0.4) is 0 Å². The van der Waals surface area contributed by atoms with Crippen LogP contribution < -0.4 is 10.6 Å². The number of aliphatic hydroxyl groups excluding tert-OH is 1. The normalized spacial score (nSPS) is 12.2. The number of carbonyl (C=O) groups is 1. The van der Waals surface area contributed by atoms with Gasteiger partial charge in [-0.1, -0.05) is 18.2 Å². The second-order valence-electron chi connectivity index (χ2n) is 5.76.